The summed E-state index contributed by atoms with van der Waals surface area (Å²) in [5.74, 6) is -0.715. The Bertz CT molecular complexity index is 607. The van der Waals surface area contributed by atoms with Gasteiger partial charge in [-0.3, -0.25) is 19.8 Å². The number of nitrogens with zero attached hydrogens (tertiary/aromatic N) is 2. The van der Waals surface area contributed by atoms with Crippen LogP contribution in [0, 0.1) is 0 Å². The summed E-state index contributed by atoms with van der Waals surface area (Å²) in [5.41, 5.74) is 0.992. The average Bonchev–Trinajstić information content (AvgIpc) is 3.13. The van der Waals surface area contributed by atoms with Crippen molar-refractivity contribution in [2.24, 2.45) is 0 Å². The van der Waals surface area contributed by atoms with Crippen LogP contribution < -0.4 is 10.6 Å². The van der Waals surface area contributed by atoms with E-state index in [0.29, 0.717) is 25.4 Å². The van der Waals surface area contributed by atoms with Crippen LogP contribution in [-0.2, 0) is 20.9 Å². The van der Waals surface area contributed by atoms with E-state index in [1.807, 2.05) is 17.3 Å². The van der Waals surface area contributed by atoms with Gasteiger partial charge < -0.3 is 15.2 Å². The fourth-order valence-corrected chi connectivity index (χ4v) is 3.26. The Balaban J connectivity index is 1.79. The van der Waals surface area contributed by atoms with Crippen LogP contribution in [-0.4, -0.2) is 59.0 Å². The highest BCUT2D eigenvalue weighted by Gasteiger charge is 2.44. The maximum Gasteiger partial charge on any atom is 0.320 e. The SMILES string of the molecule is CC(=O)NCCC(NC1OC1N(C)Cc1csc(C(C)C)n1)C(=O)O. The van der Waals surface area contributed by atoms with E-state index in [4.69, 9.17) is 4.74 Å². The van der Waals surface area contributed by atoms with Crippen molar-refractivity contribution in [2.45, 2.75) is 58.2 Å². The third-order valence-electron chi connectivity index (χ3n) is 3.85. The summed E-state index contributed by atoms with van der Waals surface area (Å²) in [7, 11) is 1.92. The normalized spacial score (nSPS) is 20.7. The van der Waals surface area contributed by atoms with Gasteiger partial charge in [0, 0.05) is 31.3 Å². The fraction of sp³-hybridized carbons (Fsp3) is 0.688. The van der Waals surface area contributed by atoms with Crippen LogP contribution in [0.15, 0.2) is 5.38 Å². The zero-order chi connectivity index (χ0) is 18.6. The van der Waals surface area contributed by atoms with Crippen LogP contribution in [0.1, 0.15) is 43.8 Å². The van der Waals surface area contributed by atoms with E-state index in [2.05, 4.69) is 29.5 Å². The molecule has 3 unspecified atom stereocenters. The molecule has 0 spiro atoms. The topological polar surface area (TPSA) is 107 Å². The lowest BCUT2D eigenvalue weighted by Crippen LogP contribution is -2.43. The summed E-state index contributed by atoms with van der Waals surface area (Å²) >= 11 is 1.65. The summed E-state index contributed by atoms with van der Waals surface area (Å²) in [4.78, 5) is 28.8. The Labute approximate surface area is 151 Å². The number of carboxylic acids is 1. The van der Waals surface area contributed by atoms with Crippen molar-refractivity contribution in [3.8, 4) is 0 Å². The van der Waals surface area contributed by atoms with E-state index in [0.717, 1.165) is 10.7 Å². The molecule has 1 aliphatic heterocycles. The third-order valence-corrected chi connectivity index (χ3v) is 5.04. The van der Waals surface area contributed by atoms with E-state index in [-0.39, 0.29) is 18.4 Å². The van der Waals surface area contributed by atoms with Crippen molar-refractivity contribution < 1.29 is 19.4 Å². The highest BCUT2D eigenvalue weighted by atomic mass is 32.1. The second-order valence-electron chi connectivity index (χ2n) is 6.52. The van der Waals surface area contributed by atoms with E-state index in [1.54, 1.807) is 11.3 Å². The number of rotatable bonds is 10. The van der Waals surface area contributed by atoms with E-state index in [9.17, 15) is 14.7 Å². The fourth-order valence-electron chi connectivity index (χ4n) is 2.44. The van der Waals surface area contributed by atoms with Gasteiger partial charge in [-0.15, -0.1) is 11.3 Å². The molecule has 0 radical (unpaired) electrons. The minimum absolute atomic E-state index is 0.173. The number of likely N-dealkylation sites (N-methyl/N-ethyl adjacent to an activating group) is 1. The monoisotopic (exact) mass is 370 g/mol. The van der Waals surface area contributed by atoms with Gasteiger partial charge in [-0.25, -0.2) is 4.98 Å². The van der Waals surface area contributed by atoms with E-state index >= 15 is 0 Å². The zero-order valence-electron chi connectivity index (χ0n) is 15.0. The largest absolute Gasteiger partial charge is 0.480 e. The quantitative estimate of drug-likeness (QED) is 0.526. The number of nitrogens with one attached hydrogen (secondary N) is 2. The van der Waals surface area contributed by atoms with Crippen LogP contribution in [0.3, 0.4) is 0 Å². The molecule has 3 atom stereocenters. The Morgan fingerprint density at radius 1 is 1.48 bits per heavy atom. The minimum atomic E-state index is -0.955. The zero-order valence-corrected chi connectivity index (χ0v) is 15.8. The Morgan fingerprint density at radius 3 is 2.76 bits per heavy atom. The van der Waals surface area contributed by atoms with Crippen molar-refractivity contribution in [3.05, 3.63) is 16.1 Å². The molecule has 3 N–H and O–H groups in total. The number of carbonyl (C=O) groups excluding carboxylic acids is 1. The summed E-state index contributed by atoms with van der Waals surface area (Å²) < 4.78 is 5.55. The number of thiazole rings is 1. The number of hydrogen-bond donors (Lipinski definition) is 3. The third kappa shape index (κ3) is 6.03. The van der Waals surface area contributed by atoms with Crippen molar-refractivity contribution >= 4 is 23.2 Å². The maximum atomic E-state index is 11.3. The second kappa shape index (κ2) is 8.70. The first-order valence-electron chi connectivity index (χ1n) is 8.31. The molecule has 1 saturated heterocycles. The lowest BCUT2D eigenvalue weighted by Gasteiger charge is -2.15. The molecule has 9 heteroatoms. The Morgan fingerprint density at radius 2 is 2.20 bits per heavy atom. The van der Waals surface area contributed by atoms with Crippen LogP contribution in [0.4, 0.5) is 0 Å². The van der Waals surface area contributed by atoms with Gasteiger partial charge in [0.25, 0.3) is 0 Å². The average molecular weight is 370 g/mol. The molecule has 1 fully saturated rings. The van der Waals surface area contributed by atoms with Gasteiger partial charge in [-0.1, -0.05) is 13.8 Å². The molecule has 1 amide bonds. The Kier molecular flexibility index (Phi) is 6.88. The van der Waals surface area contributed by atoms with Crippen LogP contribution in [0.25, 0.3) is 0 Å². The van der Waals surface area contributed by atoms with E-state index in [1.165, 1.54) is 6.92 Å². The van der Waals surface area contributed by atoms with Crippen molar-refractivity contribution in [1.82, 2.24) is 20.5 Å². The number of hydrogen-bond acceptors (Lipinski definition) is 7. The molecule has 2 rings (SSSR count). The standard InChI is InChI=1S/C16H26N4O4S/c1-9(2)14-18-11(8-25-14)7-20(4)15-13(24-15)19-12(16(22)23)5-6-17-10(3)21/h8-9,12-13,15,19H,5-7H2,1-4H3,(H,17,21)(H,22,23). The second-order valence-corrected chi connectivity index (χ2v) is 7.41. The summed E-state index contributed by atoms with van der Waals surface area (Å²) in [6, 6.07) is -0.762. The lowest BCUT2D eigenvalue weighted by atomic mass is 10.2. The van der Waals surface area contributed by atoms with Gasteiger partial charge >= 0.3 is 5.97 Å². The van der Waals surface area contributed by atoms with Gasteiger partial charge in [-0.05, 0) is 13.5 Å². The van der Waals surface area contributed by atoms with E-state index < -0.39 is 12.0 Å². The smallest absolute Gasteiger partial charge is 0.320 e. The van der Waals surface area contributed by atoms with Crippen LogP contribution in [0.5, 0.6) is 0 Å². The van der Waals surface area contributed by atoms with Gasteiger partial charge in [-0.2, -0.15) is 0 Å². The van der Waals surface area contributed by atoms with Gasteiger partial charge in [0.2, 0.25) is 5.91 Å². The lowest BCUT2D eigenvalue weighted by molar-refractivity contribution is -0.140. The Hall–Kier alpha value is -1.55. The molecule has 0 aromatic carbocycles. The molecular weight excluding hydrogens is 344 g/mol. The van der Waals surface area contributed by atoms with Crippen LogP contribution >= 0.6 is 11.3 Å². The molecule has 2 heterocycles. The molecule has 0 bridgehead atoms. The highest BCUT2D eigenvalue weighted by Crippen LogP contribution is 2.26. The summed E-state index contributed by atoms with van der Waals surface area (Å²) in [6.45, 7) is 6.59. The molecule has 1 aromatic rings. The first-order valence-corrected chi connectivity index (χ1v) is 9.19. The first-order chi connectivity index (χ1) is 11.8. The number of aliphatic carboxylic acids is 1. The highest BCUT2D eigenvalue weighted by molar-refractivity contribution is 7.09. The first kappa shape index (κ1) is 19.8. The predicted octanol–water partition coefficient (Wildman–Crippen LogP) is 0.950. The molecular formula is C16H26N4O4S. The van der Waals surface area contributed by atoms with Gasteiger partial charge in [0.1, 0.15) is 6.04 Å². The predicted molar refractivity (Wildman–Crippen MR) is 94.2 cm³/mol. The van der Waals surface area contributed by atoms with Gasteiger partial charge in [0.15, 0.2) is 12.5 Å². The van der Waals surface area contributed by atoms with Crippen molar-refractivity contribution in [2.75, 3.05) is 13.6 Å². The number of carbonyl (C=O) groups is 2. The van der Waals surface area contributed by atoms with Crippen LogP contribution in [0.2, 0.25) is 0 Å². The molecule has 0 saturated carbocycles. The number of carboxylic acid groups (broad SMARTS) is 1. The molecule has 140 valence electrons. The molecule has 8 nitrogen and oxygen atoms in total. The molecule has 1 aliphatic rings. The number of epoxide rings is 1. The summed E-state index contributed by atoms with van der Waals surface area (Å²) in [6.07, 6.45) is -0.201. The van der Waals surface area contributed by atoms with Gasteiger partial charge in [0.05, 0.1) is 10.7 Å². The maximum absolute atomic E-state index is 11.3. The molecule has 0 aliphatic carbocycles. The number of ether oxygens (including phenoxy) is 1. The molecule has 25 heavy (non-hydrogen) atoms. The molecule has 1 aromatic heterocycles. The minimum Gasteiger partial charge on any atom is -0.480 e. The number of aromatic nitrogens is 1. The van der Waals surface area contributed by atoms with Crippen molar-refractivity contribution in [3.63, 3.8) is 0 Å². The van der Waals surface area contributed by atoms with Crippen molar-refractivity contribution in [1.29, 1.82) is 0 Å². The summed E-state index contributed by atoms with van der Waals surface area (Å²) in [5, 5.41) is 18.0. The number of amides is 1.